The van der Waals surface area contributed by atoms with Gasteiger partial charge >= 0.3 is 12.2 Å². The number of halogens is 3. The number of hydrogen-bond acceptors (Lipinski definition) is 1. The molecule has 2 unspecified atom stereocenters. The van der Waals surface area contributed by atoms with Crippen molar-refractivity contribution in [1.29, 1.82) is 0 Å². The molecule has 1 N–H and O–H groups in total. The molecule has 3 nitrogen and oxygen atoms in total. The molecule has 1 aromatic rings. The fraction of sp³-hybridized carbons (Fsp3) is 0.500. The van der Waals surface area contributed by atoms with E-state index in [4.69, 9.17) is 0 Å². The normalized spacial score (nSPS) is 25.9. The first-order valence-electron chi connectivity index (χ1n) is 8.38. The second kappa shape index (κ2) is 5.53. The minimum absolute atomic E-state index is 0.192. The minimum atomic E-state index is -4.36. The summed E-state index contributed by atoms with van der Waals surface area (Å²) in [7, 11) is 0. The van der Waals surface area contributed by atoms with Gasteiger partial charge in [-0.3, -0.25) is 0 Å². The topological polar surface area (TPSA) is 32.3 Å². The summed E-state index contributed by atoms with van der Waals surface area (Å²) in [6, 6.07) is 4.89. The van der Waals surface area contributed by atoms with E-state index in [1.165, 1.54) is 25.0 Å². The van der Waals surface area contributed by atoms with E-state index in [-0.39, 0.29) is 18.1 Å². The first-order chi connectivity index (χ1) is 11.4. The summed E-state index contributed by atoms with van der Waals surface area (Å²) in [5, 5.41) is 2.75. The van der Waals surface area contributed by atoms with Gasteiger partial charge in [0.15, 0.2) is 0 Å². The molecule has 2 bridgehead atoms. The summed E-state index contributed by atoms with van der Waals surface area (Å²) < 4.78 is 37.8. The lowest BCUT2D eigenvalue weighted by Gasteiger charge is -2.36. The van der Waals surface area contributed by atoms with Crippen molar-refractivity contribution in [3.05, 3.63) is 41.0 Å². The van der Waals surface area contributed by atoms with Crippen LogP contribution in [-0.4, -0.2) is 23.0 Å². The van der Waals surface area contributed by atoms with Crippen LogP contribution in [0.5, 0.6) is 0 Å². The number of nitrogens with zero attached hydrogens (tertiary/aromatic N) is 1. The van der Waals surface area contributed by atoms with Gasteiger partial charge in [0, 0.05) is 17.8 Å². The average Bonchev–Trinajstić information content (AvgIpc) is 3.32. The van der Waals surface area contributed by atoms with Gasteiger partial charge in [-0.05, 0) is 62.8 Å². The summed E-state index contributed by atoms with van der Waals surface area (Å²) in [6.07, 6.45) is 2.03. The van der Waals surface area contributed by atoms with Crippen molar-refractivity contribution in [3.8, 4) is 0 Å². The minimum Gasteiger partial charge on any atom is -0.318 e. The Balaban J connectivity index is 1.44. The van der Waals surface area contributed by atoms with Crippen LogP contribution in [-0.2, 0) is 6.18 Å². The number of urea groups is 1. The van der Waals surface area contributed by atoms with E-state index >= 15 is 0 Å². The lowest BCUT2D eigenvalue weighted by atomic mass is 9.96. The highest BCUT2D eigenvalue weighted by atomic mass is 19.4. The summed E-state index contributed by atoms with van der Waals surface area (Å²) in [5.74, 6) is 0. The Kier molecular flexibility index (Phi) is 3.58. The third-order valence-electron chi connectivity index (χ3n) is 5.28. The smallest absolute Gasteiger partial charge is 0.318 e. The van der Waals surface area contributed by atoms with Crippen molar-refractivity contribution in [3.63, 3.8) is 0 Å². The number of anilines is 1. The molecule has 1 aliphatic carbocycles. The van der Waals surface area contributed by atoms with E-state index < -0.39 is 11.7 Å². The van der Waals surface area contributed by atoms with E-state index in [0.29, 0.717) is 5.69 Å². The van der Waals surface area contributed by atoms with Crippen molar-refractivity contribution < 1.29 is 18.0 Å². The summed E-state index contributed by atoms with van der Waals surface area (Å²) >= 11 is 0. The zero-order valence-corrected chi connectivity index (χ0v) is 13.2. The molecule has 3 fully saturated rings. The molecule has 1 saturated carbocycles. The molecule has 0 aromatic heterocycles. The average molecular weight is 336 g/mol. The first-order valence-corrected chi connectivity index (χ1v) is 8.38. The number of nitrogens with one attached hydrogen (secondary N) is 1. The maximum absolute atomic E-state index is 12.6. The van der Waals surface area contributed by atoms with Gasteiger partial charge in [0.2, 0.25) is 0 Å². The van der Waals surface area contributed by atoms with Crippen LogP contribution in [0.2, 0.25) is 0 Å². The van der Waals surface area contributed by atoms with Gasteiger partial charge < -0.3 is 10.2 Å². The number of rotatable bonds is 1. The van der Waals surface area contributed by atoms with Crippen LogP contribution in [0, 0.1) is 0 Å². The fourth-order valence-corrected chi connectivity index (χ4v) is 3.98. The zero-order valence-electron chi connectivity index (χ0n) is 13.2. The van der Waals surface area contributed by atoms with Gasteiger partial charge in [-0.25, -0.2) is 4.79 Å². The van der Waals surface area contributed by atoms with Crippen LogP contribution < -0.4 is 5.32 Å². The maximum Gasteiger partial charge on any atom is 0.416 e. The van der Waals surface area contributed by atoms with Gasteiger partial charge in [0.25, 0.3) is 0 Å². The summed E-state index contributed by atoms with van der Waals surface area (Å²) in [4.78, 5) is 14.5. The number of carbonyl (C=O) groups excluding carboxylic acids is 1. The fourth-order valence-electron chi connectivity index (χ4n) is 3.98. The Bertz CT molecular complexity index is 671. The molecule has 2 aliphatic heterocycles. The van der Waals surface area contributed by atoms with E-state index in [9.17, 15) is 18.0 Å². The first kappa shape index (κ1) is 15.5. The number of benzene rings is 1. The predicted octanol–water partition coefficient (Wildman–Crippen LogP) is 4.95. The van der Waals surface area contributed by atoms with Gasteiger partial charge in [-0.1, -0.05) is 11.1 Å². The van der Waals surface area contributed by atoms with E-state index in [1.54, 1.807) is 11.1 Å². The van der Waals surface area contributed by atoms with Gasteiger partial charge in [0.05, 0.1) is 5.56 Å². The third-order valence-corrected chi connectivity index (χ3v) is 5.28. The monoisotopic (exact) mass is 336 g/mol. The second-order valence-electron chi connectivity index (χ2n) is 6.91. The molecular formula is C18H19F3N2O. The molecule has 6 heteroatoms. The zero-order chi connectivity index (χ0) is 16.9. The van der Waals surface area contributed by atoms with Crippen LogP contribution in [0.3, 0.4) is 0 Å². The highest BCUT2D eigenvalue weighted by Gasteiger charge is 2.42. The molecule has 0 spiro atoms. The predicted molar refractivity (Wildman–Crippen MR) is 84.6 cm³/mol. The Morgan fingerprint density at radius 2 is 1.58 bits per heavy atom. The van der Waals surface area contributed by atoms with Crippen molar-refractivity contribution in [2.24, 2.45) is 0 Å². The van der Waals surface area contributed by atoms with Crippen molar-refractivity contribution in [2.75, 3.05) is 5.32 Å². The molecule has 2 atom stereocenters. The molecule has 3 aliphatic rings. The molecule has 128 valence electrons. The molecule has 1 aromatic carbocycles. The highest BCUT2D eigenvalue weighted by Crippen LogP contribution is 2.44. The molecule has 0 radical (unpaired) electrons. The third kappa shape index (κ3) is 2.89. The molecule has 2 amide bonds. The van der Waals surface area contributed by atoms with Gasteiger partial charge in [-0.15, -0.1) is 0 Å². The molecular weight excluding hydrogens is 317 g/mol. The number of hydrogen-bond donors (Lipinski definition) is 1. The van der Waals surface area contributed by atoms with Gasteiger partial charge in [0.1, 0.15) is 0 Å². The standard InChI is InChI=1S/C18H19F3N2O/c19-18(20,21)13-3-5-14(6-4-13)22-17(24)23-15-7-8-16(23)10-12(9-15)11-1-2-11/h3-6,15-16H,1-2,7-10H2,(H,22,24). The Hall–Kier alpha value is -1.98. The Morgan fingerprint density at radius 3 is 2.08 bits per heavy atom. The Labute approximate surface area is 138 Å². The van der Waals surface area contributed by atoms with Crippen LogP contribution in [0.15, 0.2) is 35.4 Å². The quantitative estimate of drug-likeness (QED) is 0.723. The van der Waals surface area contributed by atoms with Gasteiger partial charge in [-0.2, -0.15) is 13.2 Å². The van der Waals surface area contributed by atoms with Crippen molar-refractivity contribution in [2.45, 2.75) is 56.8 Å². The van der Waals surface area contributed by atoms with E-state index in [1.807, 2.05) is 4.90 Å². The van der Waals surface area contributed by atoms with Crippen molar-refractivity contribution in [1.82, 2.24) is 4.90 Å². The number of alkyl halides is 3. The molecule has 2 heterocycles. The molecule has 2 saturated heterocycles. The van der Waals surface area contributed by atoms with Crippen molar-refractivity contribution >= 4 is 11.7 Å². The number of carbonyl (C=O) groups is 1. The largest absolute Gasteiger partial charge is 0.416 e. The van der Waals surface area contributed by atoms with E-state index in [2.05, 4.69) is 5.32 Å². The highest BCUT2D eigenvalue weighted by molar-refractivity contribution is 5.90. The summed E-state index contributed by atoms with van der Waals surface area (Å²) in [6.45, 7) is 0. The number of piperidine rings is 1. The number of amides is 2. The molecule has 24 heavy (non-hydrogen) atoms. The van der Waals surface area contributed by atoms with Crippen LogP contribution in [0.1, 0.15) is 44.1 Å². The lowest BCUT2D eigenvalue weighted by molar-refractivity contribution is -0.137. The number of fused-ring (bicyclic) bond motifs is 2. The molecule has 4 rings (SSSR count). The second-order valence-corrected chi connectivity index (χ2v) is 6.91. The Morgan fingerprint density at radius 1 is 1.00 bits per heavy atom. The summed E-state index contributed by atoms with van der Waals surface area (Å²) in [5.41, 5.74) is 2.81. The number of allylic oxidation sites excluding steroid dienone is 1. The van der Waals surface area contributed by atoms with Crippen LogP contribution in [0.4, 0.5) is 23.7 Å². The SMILES string of the molecule is O=C(Nc1ccc(C(F)(F)F)cc1)N1C2CCC1CC(=C1CC1)C2. The van der Waals surface area contributed by atoms with Crippen LogP contribution >= 0.6 is 0 Å². The van der Waals surface area contributed by atoms with Crippen LogP contribution in [0.25, 0.3) is 0 Å². The maximum atomic E-state index is 12.6. The lowest BCUT2D eigenvalue weighted by Crippen LogP contribution is -2.46. The van der Waals surface area contributed by atoms with E-state index in [0.717, 1.165) is 37.8 Å².